The summed E-state index contributed by atoms with van der Waals surface area (Å²) in [5, 5.41) is 0. The first-order valence-corrected chi connectivity index (χ1v) is 9.92. The maximum atomic E-state index is 12.1. The Hall–Kier alpha value is -3.67. The molecular formula is C24H25N3O3. The van der Waals surface area contributed by atoms with Crippen LogP contribution in [0.4, 0.5) is 16.2 Å². The van der Waals surface area contributed by atoms with Crippen molar-refractivity contribution in [2.24, 2.45) is 5.73 Å². The van der Waals surface area contributed by atoms with E-state index in [1.807, 2.05) is 66.7 Å². The predicted octanol–water partition coefficient (Wildman–Crippen LogP) is 4.22. The van der Waals surface area contributed by atoms with Gasteiger partial charge >= 0.3 is 6.03 Å². The molecule has 4 rings (SSSR count). The quantitative estimate of drug-likeness (QED) is 0.669. The molecule has 2 N–H and O–H groups in total. The van der Waals surface area contributed by atoms with Crippen molar-refractivity contribution in [3.8, 4) is 11.5 Å². The van der Waals surface area contributed by atoms with Crippen LogP contribution in [0.2, 0.25) is 0 Å². The molecule has 1 atom stereocenters. The summed E-state index contributed by atoms with van der Waals surface area (Å²) in [6.07, 6.45) is -0.106. The molecule has 3 aromatic rings. The zero-order valence-electron chi connectivity index (χ0n) is 16.9. The van der Waals surface area contributed by atoms with Gasteiger partial charge in [-0.25, -0.2) is 4.79 Å². The van der Waals surface area contributed by atoms with Gasteiger partial charge in [-0.1, -0.05) is 48.5 Å². The molecule has 3 aromatic carbocycles. The Labute approximate surface area is 176 Å². The molecule has 1 heterocycles. The molecule has 0 aromatic heterocycles. The van der Waals surface area contributed by atoms with E-state index in [9.17, 15) is 4.79 Å². The van der Waals surface area contributed by atoms with Gasteiger partial charge in [0.1, 0.15) is 17.6 Å². The number of amides is 2. The van der Waals surface area contributed by atoms with Gasteiger partial charge < -0.3 is 20.1 Å². The first-order chi connectivity index (χ1) is 14.7. The van der Waals surface area contributed by atoms with Gasteiger partial charge in [0.15, 0.2) is 0 Å². The fraction of sp³-hybridized carbons (Fsp3) is 0.208. The third kappa shape index (κ3) is 4.17. The van der Waals surface area contributed by atoms with Crippen molar-refractivity contribution in [2.75, 3.05) is 36.5 Å². The number of anilines is 2. The average Bonchev–Trinajstić information content (AvgIpc) is 2.79. The molecule has 1 unspecified atom stereocenters. The van der Waals surface area contributed by atoms with Crippen molar-refractivity contribution < 1.29 is 14.3 Å². The summed E-state index contributed by atoms with van der Waals surface area (Å²) < 4.78 is 11.7. The number of carbonyl (C=O) groups is 1. The van der Waals surface area contributed by atoms with E-state index in [1.165, 1.54) is 0 Å². The first kappa shape index (κ1) is 19.6. The monoisotopic (exact) mass is 403 g/mol. The number of hydrogen-bond acceptors (Lipinski definition) is 4. The first-order valence-electron chi connectivity index (χ1n) is 9.92. The number of nitrogens with zero attached hydrogens (tertiary/aromatic N) is 2. The minimum absolute atomic E-state index is 0.106. The lowest BCUT2D eigenvalue weighted by atomic mass is 10.1. The number of para-hydroxylation sites is 1. The summed E-state index contributed by atoms with van der Waals surface area (Å²) in [5.74, 6) is 1.55. The van der Waals surface area contributed by atoms with Crippen molar-refractivity contribution in [1.29, 1.82) is 0 Å². The summed E-state index contributed by atoms with van der Waals surface area (Å²) in [5.41, 5.74) is 8.50. The van der Waals surface area contributed by atoms with E-state index in [4.69, 9.17) is 15.2 Å². The third-order valence-corrected chi connectivity index (χ3v) is 5.26. The Bertz CT molecular complexity index is 995. The molecule has 0 saturated heterocycles. The van der Waals surface area contributed by atoms with Crippen molar-refractivity contribution in [1.82, 2.24) is 0 Å². The number of fused-ring (bicyclic) bond motifs is 1. The maximum Gasteiger partial charge on any atom is 0.319 e. The van der Waals surface area contributed by atoms with Crippen LogP contribution in [0.25, 0.3) is 0 Å². The number of methoxy groups -OCH3 is 1. The predicted molar refractivity (Wildman–Crippen MR) is 118 cm³/mol. The van der Waals surface area contributed by atoms with Crippen LogP contribution in [-0.4, -0.2) is 32.8 Å². The average molecular weight is 403 g/mol. The summed E-state index contributed by atoms with van der Waals surface area (Å²) in [6.45, 7) is 1.72. The summed E-state index contributed by atoms with van der Waals surface area (Å²) in [6, 6.07) is 24.9. The number of hydrogen-bond donors (Lipinski definition) is 1. The van der Waals surface area contributed by atoms with E-state index in [2.05, 4.69) is 17.0 Å². The second-order valence-electron chi connectivity index (χ2n) is 7.12. The molecule has 6 nitrogen and oxygen atoms in total. The van der Waals surface area contributed by atoms with E-state index in [0.717, 1.165) is 28.4 Å². The Morgan fingerprint density at radius 1 is 1.10 bits per heavy atom. The Morgan fingerprint density at radius 2 is 1.80 bits per heavy atom. The highest BCUT2D eigenvalue weighted by molar-refractivity contribution is 5.90. The van der Waals surface area contributed by atoms with E-state index in [0.29, 0.717) is 19.6 Å². The van der Waals surface area contributed by atoms with E-state index in [1.54, 1.807) is 12.0 Å². The number of carbonyl (C=O) groups excluding carboxylic acids is 1. The second-order valence-corrected chi connectivity index (χ2v) is 7.12. The second kappa shape index (κ2) is 8.78. The van der Waals surface area contributed by atoms with Gasteiger partial charge in [0, 0.05) is 24.8 Å². The Balaban J connectivity index is 1.60. The van der Waals surface area contributed by atoms with E-state index >= 15 is 0 Å². The van der Waals surface area contributed by atoms with E-state index in [-0.39, 0.29) is 6.10 Å². The smallest absolute Gasteiger partial charge is 0.319 e. The zero-order chi connectivity index (χ0) is 20.9. The Kier molecular flexibility index (Phi) is 5.75. The van der Waals surface area contributed by atoms with Crippen LogP contribution < -0.4 is 25.0 Å². The van der Waals surface area contributed by atoms with Crippen LogP contribution in [0.15, 0.2) is 78.9 Å². The molecule has 2 amide bonds. The summed E-state index contributed by atoms with van der Waals surface area (Å²) >= 11 is 0. The fourth-order valence-corrected chi connectivity index (χ4v) is 3.71. The van der Waals surface area contributed by atoms with Gasteiger partial charge in [-0.15, -0.1) is 0 Å². The standard InChI is InChI=1S/C24H25N3O3/c1-29-20-12-13-22-21(16-20)26(17-23(30-22)18-8-4-2-5-9-18)14-15-27(24(25)28)19-10-6-3-7-11-19/h2-13,16,23H,14-15,17H2,1H3,(H2,25,28). The Morgan fingerprint density at radius 3 is 2.47 bits per heavy atom. The number of benzene rings is 3. The molecular weight excluding hydrogens is 378 g/mol. The number of primary amides is 1. The van der Waals surface area contributed by atoms with Crippen LogP contribution in [0.5, 0.6) is 11.5 Å². The topological polar surface area (TPSA) is 68.0 Å². The molecule has 0 fully saturated rings. The van der Waals surface area contributed by atoms with Crippen molar-refractivity contribution in [3.63, 3.8) is 0 Å². The maximum absolute atomic E-state index is 12.1. The van der Waals surface area contributed by atoms with Crippen molar-refractivity contribution in [3.05, 3.63) is 84.4 Å². The largest absolute Gasteiger partial charge is 0.497 e. The minimum atomic E-state index is -0.472. The lowest BCUT2D eigenvalue weighted by Gasteiger charge is -2.37. The molecule has 0 saturated carbocycles. The molecule has 6 heteroatoms. The molecule has 0 radical (unpaired) electrons. The SMILES string of the molecule is COc1ccc2c(c1)N(CCN(C(N)=O)c1ccccc1)CC(c1ccccc1)O2. The number of rotatable bonds is 6. The lowest BCUT2D eigenvalue weighted by Crippen LogP contribution is -2.44. The molecule has 1 aliphatic rings. The van der Waals surface area contributed by atoms with Gasteiger partial charge in [0.25, 0.3) is 0 Å². The van der Waals surface area contributed by atoms with E-state index < -0.39 is 6.03 Å². The molecule has 154 valence electrons. The normalized spacial score (nSPS) is 15.1. The van der Waals surface area contributed by atoms with Crippen LogP contribution in [0.1, 0.15) is 11.7 Å². The highest BCUT2D eigenvalue weighted by Crippen LogP contribution is 2.40. The van der Waals surface area contributed by atoms with Gasteiger partial charge in [-0.05, 0) is 29.8 Å². The van der Waals surface area contributed by atoms with Crippen LogP contribution in [-0.2, 0) is 0 Å². The number of ether oxygens (including phenoxy) is 2. The molecule has 0 spiro atoms. The van der Waals surface area contributed by atoms with Crippen molar-refractivity contribution >= 4 is 17.4 Å². The zero-order valence-corrected chi connectivity index (χ0v) is 16.9. The number of urea groups is 1. The van der Waals surface area contributed by atoms with Crippen LogP contribution in [0, 0.1) is 0 Å². The number of nitrogens with two attached hydrogens (primary N) is 1. The summed E-state index contributed by atoms with van der Waals surface area (Å²) in [7, 11) is 1.65. The fourth-order valence-electron chi connectivity index (χ4n) is 3.71. The minimum Gasteiger partial charge on any atom is -0.497 e. The van der Waals surface area contributed by atoms with Gasteiger partial charge in [-0.3, -0.25) is 4.90 Å². The highest BCUT2D eigenvalue weighted by Gasteiger charge is 2.28. The molecule has 1 aliphatic heterocycles. The molecule has 0 bridgehead atoms. The molecule has 0 aliphatic carbocycles. The third-order valence-electron chi connectivity index (χ3n) is 5.26. The van der Waals surface area contributed by atoms with Gasteiger partial charge in [0.2, 0.25) is 0 Å². The van der Waals surface area contributed by atoms with Crippen LogP contribution >= 0.6 is 0 Å². The highest BCUT2D eigenvalue weighted by atomic mass is 16.5. The van der Waals surface area contributed by atoms with Gasteiger partial charge in [0.05, 0.1) is 19.3 Å². The van der Waals surface area contributed by atoms with Crippen LogP contribution in [0.3, 0.4) is 0 Å². The lowest BCUT2D eigenvalue weighted by molar-refractivity contribution is 0.197. The molecule has 30 heavy (non-hydrogen) atoms. The van der Waals surface area contributed by atoms with Crippen molar-refractivity contribution in [2.45, 2.75) is 6.10 Å². The summed E-state index contributed by atoms with van der Waals surface area (Å²) in [4.78, 5) is 15.9. The van der Waals surface area contributed by atoms with Gasteiger partial charge in [-0.2, -0.15) is 0 Å².